The third kappa shape index (κ3) is 9.92. The van der Waals surface area contributed by atoms with Gasteiger partial charge in [0.05, 0.1) is 11.1 Å². The highest BCUT2D eigenvalue weighted by Gasteiger charge is 2.34. The molecule has 294 valence electrons. The molecule has 1 aliphatic heterocycles. The Kier molecular flexibility index (Phi) is 14.1. The first-order chi connectivity index (χ1) is 27.2. The van der Waals surface area contributed by atoms with Crippen molar-refractivity contribution in [2.75, 3.05) is 20.1 Å². The minimum absolute atomic E-state index is 0.0347. The fraction of sp³-hybridized carbons (Fsp3) is 0.341. The summed E-state index contributed by atoms with van der Waals surface area (Å²) < 4.78 is 14.3. The second-order valence-electron chi connectivity index (χ2n) is 13.8. The molecule has 3 aromatic heterocycles. The number of nitrogens with one attached hydrogen (secondary N) is 4. The zero-order valence-corrected chi connectivity index (χ0v) is 32.8. The summed E-state index contributed by atoms with van der Waals surface area (Å²) >= 11 is 8.37. The van der Waals surface area contributed by atoms with Crippen LogP contribution in [0, 0.1) is 5.95 Å². The number of unbranched alkanes of at least 4 members (excludes halogenated alkanes) is 1. The molecule has 0 bridgehead atoms. The van der Waals surface area contributed by atoms with Crippen molar-refractivity contribution in [2.24, 2.45) is 11.5 Å². The summed E-state index contributed by atoms with van der Waals surface area (Å²) in [5.74, 6) is -1.78. The molecule has 6 rings (SSSR count). The van der Waals surface area contributed by atoms with Gasteiger partial charge < -0.3 is 37.3 Å². The number of H-pyrrole nitrogens is 1. The van der Waals surface area contributed by atoms with Gasteiger partial charge in [0.15, 0.2) is 0 Å². The fourth-order valence-electron chi connectivity index (χ4n) is 6.91. The largest absolute Gasteiger partial charge is 0.361 e. The van der Waals surface area contributed by atoms with Gasteiger partial charge in [0.2, 0.25) is 23.7 Å². The summed E-state index contributed by atoms with van der Waals surface area (Å²) in [5, 5.41) is 11.5. The van der Waals surface area contributed by atoms with Crippen molar-refractivity contribution in [3.8, 4) is 11.1 Å². The molecular formula is C41H47ClFN9O3S. The van der Waals surface area contributed by atoms with Crippen molar-refractivity contribution < 1.29 is 18.8 Å². The van der Waals surface area contributed by atoms with Crippen molar-refractivity contribution in [2.45, 2.75) is 79.7 Å². The van der Waals surface area contributed by atoms with E-state index in [1.165, 1.54) is 28.9 Å². The number of rotatable bonds is 10. The number of aromatic amines is 1. The second-order valence-corrected chi connectivity index (χ2v) is 15.2. The summed E-state index contributed by atoms with van der Waals surface area (Å²) in [5.41, 5.74) is 16.1. The van der Waals surface area contributed by atoms with Crippen LogP contribution in [0.1, 0.15) is 48.8 Å². The topological polar surface area (TPSA) is 184 Å². The molecular weight excluding hydrogens is 753 g/mol. The molecule has 0 fully saturated rings. The number of nitrogens with zero attached hydrogens (tertiary/aromatic N) is 3. The Bertz CT molecular complexity index is 2170. The standard InChI is InChI=1S/C41H47ClFN9O3S/c1-52-35(20-28-23-48-32-10-3-2-9-30(28)32)39(54)50-24-29-18-27(25-13-17-46-36(43)21-25)19-31(42)37(29)56-40-26(8-7-16-47-40)22-49-33(12-6-15-45)38(53)51-34(41(52)55)11-4-5-14-44/h2-3,7-10,13,16-19,21,23,33-35,48-49H,4-6,11-12,14-15,20,22,24,44-45H2,1H3,(H,50,54)(H,51,53)/t33?,34?,35-/m0/s1. The monoisotopic (exact) mass is 799 g/mol. The summed E-state index contributed by atoms with van der Waals surface area (Å²) in [4.78, 5) is 56.8. The molecule has 3 atom stereocenters. The average molecular weight is 800 g/mol. The molecule has 0 aliphatic carbocycles. The predicted molar refractivity (Wildman–Crippen MR) is 217 cm³/mol. The smallest absolute Gasteiger partial charge is 0.245 e. The highest BCUT2D eigenvalue weighted by molar-refractivity contribution is 7.99. The fourth-order valence-corrected chi connectivity index (χ4v) is 8.26. The summed E-state index contributed by atoms with van der Waals surface area (Å²) in [6.45, 7) is 1.14. The zero-order chi connectivity index (χ0) is 39.6. The maximum Gasteiger partial charge on any atom is 0.245 e. The molecule has 0 radical (unpaired) electrons. The SMILES string of the molecule is CN1C(=O)C(CCCCN)NC(=O)C(CCCN)NCc2cccnc2Sc2c(Cl)cc(-c3ccnc(F)c3)cc2CNC(=O)[C@@H]1Cc1c[nH]c2ccccc12. The molecule has 3 amide bonds. The zero-order valence-electron chi connectivity index (χ0n) is 31.2. The Morgan fingerprint density at radius 2 is 1.68 bits per heavy atom. The van der Waals surface area contributed by atoms with Crippen LogP contribution in [0.25, 0.3) is 22.0 Å². The number of fused-ring (bicyclic) bond motifs is 3. The molecule has 5 aromatic rings. The van der Waals surface area contributed by atoms with Crippen LogP contribution in [0.5, 0.6) is 0 Å². The number of likely N-dealkylation sites (N-methyl/N-ethyl adjacent to an activating group) is 1. The van der Waals surface area contributed by atoms with E-state index in [9.17, 15) is 18.8 Å². The lowest BCUT2D eigenvalue weighted by molar-refractivity contribution is -0.142. The number of carbonyl (C=O) groups is 3. The Hall–Kier alpha value is -4.86. The van der Waals surface area contributed by atoms with E-state index in [0.717, 1.165) is 22.0 Å². The molecule has 0 saturated heterocycles. The van der Waals surface area contributed by atoms with Gasteiger partial charge in [-0.2, -0.15) is 4.39 Å². The van der Waals surface area contributed by atoms with E-state index < -0.39 is 35.9 Å². The lowest BCUT2D eigenvalue weighted by Crippen LogP contribution is -2.57. The number of amides is 3. The molecule has 2 aromatic carbocycles. The van der Waals surface area contributed by atoms with Crippen molar-refractivity contribution in [3.05, 3.63) is 107 Å². The Balaban J connectivity index is 1.45. The van der Waals surface area contributed by atoms with Crippen LogP contribution in [-0.2, 0) is 33.9 Å². The van der Waals surface area contributed by atoms with Gasteiger partial charge >= 0.3 is 0 Å². The molecule has 4 heterocycles. The summed E-state index contributed by atoms with van der Waals surface area (Å²) in [7, 11) is 1.60. The van der Waals surface area contributed by atoms with E-state index in [2.05, 4.69) is 30.9 Å². The minimum atomic E-state index is -0.969. The van der Waals surface area contributed by atoms with Gasteiger partial charge in [-0.3, -0.25) is 14.4 Å². The molecule has 1 aliphatic rings. The van der Waals surface area contributed by atoms with Gasteiger partial charge in [0.1, 0.15) is 17.1 Å². The maximum atomic E-state index is 14.5. The number of para-hydroxylation sites is 1. The molecule has 12 nitrogen and oxygen atoms in total. The number of aromatic nitrogens is 3. The number of carbonyl (C=O) groups excluding carboxylic acids is 3. The van der Waals surface area contributed by atoms with E-state index in [1.54, 1.807) is 25.4 Å². The maximum absolute atomic E-state index is 14.5. The van der Waals surface area contributed by atoms with Crippen LogP contribution in [0.3, 0.4) is 0 Å². The number of benzene rings is 2. The first-order valence-electron chi connectivity index (χ1n) is 18.8. The van der Waals surface area contributed by atoms with E-state index in [0.29, 0.717) is 76.8 Å². The highest BCUT2D eigenvalue weighted by Crippen LogP contribution is 2.40. The van der Waals surface area contributed by atoms with E-state index >= 15 is 0 Å². The molecule has 8 N–H and O–H groups in total. The van der Waals surface area contributed by atoms with E-state index in [4.69, 9.17) is 23.1 Å². The van der Waals surface area contributed by atoms with Gasteiger partial charge in [0, 0.05) is 67.0 Å². The van der Waals surface area contributed by atoms with Gasteiger partial charge in [0.25, 0.3) is 0 Å². The number of halogens is 2. The number of pyridine rings is 2. The van der Waals surface area contributed by atoms with E-state index in [1.807, 2.05) is 48.7 Å². The minimum Gasteiger partial charge on any atom is -0.361 e. The van der Waals surface area contributed by atoms with Crippen LogP contribution in [-0.4, -0.2) is 75.8 Å². The van der Waals surface area contributed by atoms with Crippen LogP contribution >= 0.6 is 23.4 Å². The average Bonchev–Trinajstić information content (AvgIpc) is 3.61. The third-order valence-corrected chi connectivity index (χ3v) is 11.7. The summed E-state index contributed by atoms with van der Waals surface area (Å²) in [6.07, 6.45) is 7.71. The quantitative estimate of drug-likeness (QED) is 0.0829. The molecule has 56 heavy (non-hydrogen) atoms. The van der Waals surface area contributed by atoms with Crippen molar-refractivity contribution in [1.82, 2.24) is 35.8 Å². The van der Waals surface area contributed by atoms with Crippen LogP contribution < -0.4 is 27.4 Å². The molecule has 0 saturated carbocycles. The van der Waals surface area contributed by atoms with Crippen LogP contribution in [0.4, 0.5) is 4.39 Å². The number of nitrogens with two attached hydrogens (primary N) is 2. The van der Waals surface area contributed by atoms with E-state index in [-0.39, 0.29) is 25.4 Å². The lowest BCUT2D eigenvalue weighted by atomic mass is 10.0. The van der Waals surface area contributed by atoms with Crippen molar-refractivity contribution in [1.29, 1.82) is 0 Å². The summed E-state index contributed by atoms with van der Waals surface area (Å²) in [6, 6.07) is 15.6. The molecule has 2 unspecified atom stereocenters. The van der Waals surface area contributed by atoms with Gasteiger partial charge in [-0.05, 0) is 103 Å². The lowest BCUT2D eigenvalue weighted by Gasteiger charge is -2.32. The second kappa shape index (κ2) is 19.3. The molecule has 15 heteroatoms. The van der Waals surface area contributed by atoms with Crippen LogP contribution in [0.2, 0.25) is 5.02 Å². The van der Waals surface area contributed by atoms with Crippen molar-refractivity contribution in [3.63, 3.8) is 0 Å². The Morgan fingerprint density at radius 3 is 2.48 bits per heavy atom. The number of hydrogen-bond donors (Lipinski definition) is 6. The number of hydrogen-bond acceptors (Lipinski definition) is 9. The first kappa shape index (κ1) is 40.8. The van der Waals surface area contributed by atoms with Gasteiger partial charge in [-0.1, -0.05) is 47.6 Å². The van der Waals surface area contributed by atoms with Crippen molar-refractivity contribution >= 4 is 52.0 Å². The Labute approximate surface area is 334 Å². The predicted octanol–water partition coefficient (Wildman–Crippen LogP) is 5.08. The highest BCUT2D eigenvalue weighted by atomic mass is 35.5. The molecule has 0 spiro atoms. The third-order valence-electron chi connectivity index (χ3n) is 10.0. The van der Waals surface area contributed by atoms with Gasteiger partial charge in [-0.15, -0.1) is 0 Å². The Morgan fingerprint density at radius 1 is 0.875 bits per heavy atom. The first-order valence-corrected chi connectivity index (χ1v) is 20.0. The van der Waals surface area contributed by atoms with Crippen LogP contribution in [0.15, 0.2) is 89.2 Å². The van der Waals surface area contributed by atoms with Gasteiger partial charge in [-0.25, -0.2) is 9.97 Å². The normalized spacial score (nSPS) is 18.6.